The Morgan fingerprint density at radius 3 is 3.05 bits per heavy atom. The van der Waals surface area contributed by atoms with Crippen molar-refractivity contribution in [1.29, 1.82) is 0 Å². The number of nitrogens with one attached hydrogen (secondary N) is 1. The summed E-state index contributed by atoms with van der Waals surface area (Å²) < 4.78 is 15.4. The highest BCUT2D eigenvalue weighted by molar-refractivity contribution is 6.31. The number of hydrogen-bond donors (Lipinski definition) is 1. The number of halogens is 2. The van der Waals surface area contributed by atoms with E-state index in [-0.39, 0.29) is 10.8 Å². The summed E-state index contributed by atoms with van der Waals surface area (Å²) in [7, 11) is 0. The molecule has 3 nitrogen and oxygen atoms in total. The second-order valence-corrected chi connectivity index (χ2v) is 5.22. The van der Waals surface area contributed by atoms with Crippen LogP contribution in [0.3, 0.4) is 0 Å². The maximum absolute atomic E-state index is 13.4. The third-order valence-corrected chi connectivity index (χ3v) is 3.72. The van der Waals surface area contributed by atoms with Gasteiger partial charge in [-0.1, -0.05) is 23.7 Å². The predicted octanol–water partition coefficient (Wildman–Crippen LogP) is 2.98. The van der Waals surface area contributed by atoms with Gasteiger partial charge in [0.05, 0.1) is 18.1 Å². The molecule has 19 heavy (non-hydrogen) atoms. The van der Waals surface area contributed by atoms with Crippen LogP contribution < -0.4 is 5.32 Å². The molecule has 5 heteroatoms. The smallest absolute Gasteiger partial charge is 0.142 e. The van der Waals surface area contributed by atoms with Crippen molar-refractivity contribution in [2.24, 2.45) is 0 Å². The molecule has 1 N–H and O–H groups in total. The van der Waals surface area contributed by atoms with Crippen molar-refractivity contribution in [1.82, 2.24) is 14.9 Å². The predicted molar refractivity (Wildman–Crippen MR) is 72.6 cm³/mol. The second kappa shape index (κ2) is 5.31. The van der Waals surface area contributed by atoms with Crippen molar-refractivity contribution < 1.29 is 4.39 Å². The summed E-state index contributed by atoms with van der Waals surface area (Å²) in [5.74, 6) is 0.573. The number of rotatable bonds is 5. The number of aromatic nitrogens is 2. The Kier molecular flexibility index (Phi) is 3.53. The molecule has 0 radical (unpaired) electrons. The average molecular weight is 280 g/mol. The molecular weight excluding hydrogens is 265 g/mol. The fraction of sp³-hybridized carbons (Fsp3) is 0.357. The van der Waals surface area contributed by atoms with Crippen LogP contribution in [-0.4, -0.2) is 15.6 Å². The molecule has 100 valence electrons. The van der Waals surface area contributed by atoms with Gasteiger partial charge in [-0.25, -0.2) is 9.37 Å². The van der Waals surface area contributed by atoms with Crippen LogP contribution in [0.15, 0.2) is 30.6 Å². The summed E-state index contributed by atoms with van der Waals surface area (Å²) in [4.78, 5) is 4.33. The van der Waals surface area contributed by atoms with Crippen LogP contribution in [-0.2, 0) is 13.1 Å². The van der Waals surface area contributed by atoms with E-state index >= 15 is 0 Å². The van der Waals surface area contributed by atoms with Gasteiger partial charge in [-0.05, 0) is 24.5 Å². The van der Waals surface area contributed by atoms with Crippen LogP contribution >= 0.6 is 11.6 Å². The van der Waals surface area contributed by atoms with E-state index in [0.29, 0.717) is 12.6 Å². The SMILES string of the molecule is Fc1cccc(Cn2ccnc2CNC2CC2)c1Cl. The zero-order valence-corrected chi connectivity index (χ0v) is 11.2. The van der Waals surface area contributed by atoms with Gasteiger partial charge in [0.15, 0.2) is 0 Å². The van der Waals surface area contributed by atoms with Crippen molar-refractivity contribution in [3.63, 3.8) is 0 Å². The normalized spacial score (nSPS) is 14.8. The molecular formula is C14H15ClFN3. The van der Waals surface area contributed by atoms with Crippen molar-refractivity contribution in [2.75, 3.05) is 0 Å². The topological polar surface area (TPSA) is 29.9 Å². The zero-order chi connectivity index (χ0) is 13.2. The molecule has 1 aliphatic carbocycles. The molecule has 1 saturated carbocycles. The lowest BCUT2D eigenvalue weighted by Crippen LogP contribution is -2.19. The fourth-order valence-corrected chi connectivity index (χ4v) is 2.21. The molecule has 0 aliphatic heterocycles. The summed E-state index contributed by atoms with van der Waals surface area (Å²) in [6.07, 6.45) is 6.15. The van der Waals surface area contributed by atoms with Gasteiger partial charge >= 0.3 is 0 Å². The lowest BCUT2D eigenvalue weighted by molar-refractivity contribution is 0.609. The van der Waals surface area contributed by atoms with Crippen molar-refractivity contribution in [3.8, 4) is 0 Å². The lowest BCUT2D eigenvalue weighted by atomic mass is 10.2. The Hall–Kier alpha value is -1.39. The highest BCUT2D eigenvalue weighted by atomic mass is 35.5. The van der Waals surface area contributed by atoms with Crippen LogP contribution in [0.2, 0.25) is 5.02 Å². The maximum Gasteiger partial charge on any atom is 0.142 e. The minimum absolute atomic E-state index is 0.192. The highest BCUT2D eigenvalue weighted by Crippen LogP contribution is 2.22. The Balaban J connectivity index is 1.75. The van der Waals surface area contributed by atoms with Gasteiger partial charge in [0, 0.05) is 18.4 Å². The summed E-state index contributed by atoms with van der Waals surface area (Å²) in [5.41, 5.74) is 0.771. The van der Waals surface area contributed by atoms with E-state index < -0.39 is 0 Å². The van der Waals surface area contributed by atoms with Gasteiger partial charge < -0.3 is 9.88 Å². The quantitative estimate of drug-likeness (QED) is 0.912. The molecule has 2 aromatic rings. The zero-order valence-electron chi connectivity index (χ0n) is 10.4. The van der Waals surface area contributed by atoms with Gasteiger partial charge in [-0.3, -0.25) is 0 Å². The third kappa shape index (κ3) is 2.96. The van der Waals surface area contributed by atoms with Crippen molar-refractivity contribution in [2.45, 2.75) is 32.0 Å². The standard InChI is InChI=1S/C14H15ClFN3/c15-14-10(2-1-3-12(14)16)9-19-7-6-17-13(19)8-18-11-4-5-11/h1-3,6-7,11,18H,4-5,8-9H2. The molecule has 1 aliphatic rings. The summed E-state index contributed by atoms with van der Waals surface area (Å²) in [6.45, 7) is 1.28. The Bertz CT molecular complexity index is 578. The molecule has 0 atom stereocenters. The molecule has 0 saturated heterocycles. The van der Waals surface area contributed by atoms with E-state index in [1.807, 2.05) is 16.8 Å². The first-order valence-corrected chi connectivity index (χ1v) is 6.78. The molecule has 3 rings (SSSR count). The van der Waals surface area contributed by atoms with E-state index in [9.17, 15) is 4.39 Å². The molecule has 1 aromatic carbocycles. The van der Waals surface area contributed by atoms with Crippen LogP contribution in [0, 0.1) is 5.82 Å². The number of benzene rings is 1. The fourth-order valence-electron chi connectivity index (χ4n) is 2.03. The lowest BCUT2D eigenvalue weighted by Gasteiger charge is -2.10. The molecule has 0 unspecified atom stereocenters. The molecule has 1 fully saturated rings. The maximum atomic E-state index is 13.4. The van der Waals surface area contributed by atoms with E-state index in [1.165, 1.54) is 18.9 Å². The van der Waals surface area contributed by atoms with Gasteiger partial charge in [0.1, 0.15) is 11.6 Å². The molecule has 0 amide bonds. The Morgan fingerprint density at radius 2 is 2.26 bits per heavy atom. The van der Waals surface area contributed by atoms with Crippen molar-refractivity contribution >= 4 is 11.6 Å². The first-order chi connectivity index (χ1) is 9.24. The summed E-state index contributed by atoms with van der Waals surface area (Å²) in [6, 6.07) is 5.52. The van der Waals surface area contributed by atoms with Gasteiger partial charge in [0.25, 0.3) is 0 Å². The average Bonchev–Trinajstić information content (AvgIpc) is 3.13. The summed E-state index contributed by atoms with van der Waals surface area (Å²) >= 11 is 5.98. The summed E-state index contributed by atoms with van der Waals surface area (Å²) in [5, 5.41) is 3.61. The van der Waals surface area contributed by atoms with Crippen LogP contribution in [0.4, 0.5) is 4.39 Å². The molecule has 1 aromatic heterocycles. The number of imidazole rings is 1. The first kappa shape index (κ1) is 12.6. The highest BCUT2D eigenvalue weighted by Gasteiger charge is 2.20. The van der Waals surface area contributed by atoms with Gasteiger partial charge in [0.2, 0.25) is 0 Å². The monoisotopic (exact) mass is 279 g/mol. The molecule has 0 spiro atoms. The number of nitrogens with zero attached hydrogens (tertiary/aromatic N) is 2. The Morgan fingerprint density at radius 1 is 1.42 bits per heavy atom. The van der Waals surface area contributed by atoms with Crippen LogP contribution in [0.25, 0.3) is 0 Å². The third-order valence-electron chi connectivity index (χ3n) is 3.30. The van der Waals surface area contributed by atoms with Crippen molar-refractivity contribution in [3.05, 3.63) is 52.8 Å². The largest absolute Gasteiger partial charge is 0.329 e. The molecule has 1 heterocycles. The first-order valence-electron chi connectivity index (χ1n) is 6.40. The van der Waals surface area contributed by atoms with Crippen LogP contribution in [0.1, 0.15) is 24.2 Å². The minimum atomic E-state index is -0.378. The van der Waals surface area contributed by atoms with E-state index in [4.69, 9.17) is 11.6 Å². The number of hydrogen-bond acceptors (Lipinski definition) is 2. The van der Waals surface area contributed by atoms with Gasteiger partial charge in [-0.2, -0.15) is 0 Å². The second-order valence-electron chi connectivity index (χ2n) is 4.84. The van der Waals surface area contributed by atoms with Gasteiger partial charge in [-0.15, -0.1) is 0 Å². The van der Waals surface area contributed by atoms with E-state index in [1.54, 1.807) is 12.3 Å². The Labute approximate surface area is 116 Å². The van der Waals surface area contributed by atoms with Crippen LogP contribution in [0.5, 0.6) is 0 Å². The van der Waals surface area contributed by atoms with E-state index in [0.717, 1.165) is 17.9 Å². The minimum Gasteiger partial charge on any atom is -0.329 e. The molecule has 0 bridgehead atoms. The van der Waals surface area contributed by atoms with E-state index in [2.05, 4.69) is 10.3 Å².